The van der Waals surface area contributed by atoms with Crippen molar-refractivity contribution in [3.05, 3.63) is 12.2 Å². The summed E-state index contributed by atoms with van der Waals surface area (Å²) in [7, 11) is -4.63. The molecule has 10 nitrogen and oxygen atoms in total. The average Bonchev–Trinajstić information content (AvgIpc) is 3.17. The van der Waals surface area contributed by atoms with E-state index in [1.807, 2.05) is 0 Å². The number of phosphoric ester groups is 1. The molecule has 0 heterocycles. The van der Waals surface area contributed by atoms with Crippen LogP contribution < -0.4 is 0 Å². The van der Waals surface area contributed by atoms with Crippen LogP contribution in [-0.2, 0) is 32.7 Å². The molecule has 0 saturated carbocycles. The molecule has 0 saturated heterocycles. The molecular weight excluding hydrogens is 719 g/mol. The lowest BCUT2D eigenvalue weighted by atomic mass is 10.0. The number of ether oxygens (including phenoxy) is 2. The molecule has 3 atom stereocenters. The fourth-order valence-corrected chi connectivity index (χ4v) is 7.25. The summed E-state index contributed by atoms with van der Waals surface area (Å²) < 4.78 is 32.6. The van der Waals surface area contributed by atoms with E-state index in [1.54, 1.807) is 0 Å². The largest absolute Gasteiger partial charge is 0.472 e. The van der Waals surface area contributed by atoms with Crippen molar-refractivity contribution in [1.29, 1.82) is 0 Å². The zero-order chi connectivity index (χ0) is 40.5. The Morgan fingerprint density at radius 3 is 1.05 bits per heavy atom. The van der Waals surface area contributed by atoms with Crippen molar-refractivity contribution in [3.63, 3.8) is 0 Å². The van der Waals surface area contributed by atoms with Gasteiger partial charge in [0.1, 0.15) is 12.2 Å². The summed E-state index contributed by atoms with van der Waals surface area (Å²) in [5.74, 6) is -1.02. The summed E-state index contributed by atoms with van der Waals surface area (Å²) in [5.41, 5.74) is 0. The fourth-order valence-electron chi connectivity index (χ4n) is 6.46. The monoisotopic (exact) mass is 805 g/mol. The van der Waals surface area contributed by atoms with E-state index < -0.39 is 58.4 Å². The van der Waals surface area contributed by atoms with Gasteiger partial charge < -0.3 is 24.6 Å². The van der Waals surface area contributed by atoms with Gasteiger partial charge in [0, 0.05) is 12.8 Å². The van der Waals surface area contributed by atoms with Crippen LogP contribution in [-0.4, -0.2) is 65.7 Å². The molecule has 0 spiro atoms. The normalized spacial score (nSPS) is 13.9. The predicted molar refractivity (Wildman–Crippen MR) is 224 cm³/mol. The van der Waals surface area contributed by atoms with E-state index in [-0.39, 0.29) is 12.8 Å². The van der Waals surface area contributed by atoms with E-state index >= 15 is 0 Å². The second-order valence-electron chi connectivity index (χ2n) is 15.4. The minimum Gasteiger partial charge on any atom is -0.457 e. The van der Waals surface area contributed by atoms with Crippen LogP contribution in [0.3, 0.4) is 0 Å². The van der Waals surface area contributed by atoms with Gasteiger partial charge in [0.2, 0.25) is 0 Å². The third kappa shape index (κ3) is 39.3. The molecule has 0 aliphatic rings. The Bertz CT molecular complexity index is 930. The highest BCUT2D eigenvalue weighted by Gasteiger charge is 2.27. The summed E-state index contributed by atoms with van der Waals surface area (Å²) in [5, 5.41) is 19.2. The van der Waals surface area contributed by atoms with Crippen LogP contribution in [0.1, 0.15) is 219 Å². The molecule has 11 heteroatoms. The second-order valence-corrected chi connectivity index (χ2v) is 16.8. The van der Waals surface area contributed by atoms with Crippen molar-refractivity contribution >= 4 is 19.8 Å². The third-order valence-electron chi connectivity index (χ3n) is 9.98. The van der Waals surface area contributed by atoms with Gasteiger partial charge in [-0.15, -0.1) is 0 Å². The predicted octanol–water partition coefficient (Wildman–Crippen LogP) is 12.0. The minimum atomic E-state index is -4.63. The van der Waals surface area contributed by atoms with Crippen LogP contribution in [0.2, 0.25) is 0 Å². The van der Waals surface area contributed by atoms with Crippen LogP contribution in [0.5, 0.6) is 0 Å². The Labute approximate surface area is 336 Å². The van der Waals surface area contributed by atoms with Crippen molar-refractivity contribution < 1.29 is 47.8 Å². The van der Waals surface area contributed by atoms with Crippen molar-refractivity contribution in [2.75, 3.05) is 26.4 Å². The number of esters is 2. The lowest BCUT2D eigenvalue weighted by Crippen LogP contribution is -2.28. The highest BCUT2D eigenvalue weighted by molar-refractivity contribution is 7.47. The maximum atomic E-state index is 12.4. The molecule has 0 bridgehead atoms. The number of carbonyl (C=O) groups excluding carboxylic acids is 2. The topological polar surface area (TPSA) is 149 Å². The van der Waals surface area contributed by atoms with E-state index in [9.17, 15) is 29.3 Å². The first-order valence-electron chi connectivity index (χ1n) is 22.6. The van der Waals surface area contributed by atoms with E-state index in [1.165, 1.54) is 122 Å². The number of phosphoric acid groups is 1. The number of allylic oxidation sites excluding steroid dienone is 2. The number of rotatable bonds is 43. The lowest BCUT2D eigenvalue weighted by Gasteiger charge is -2.20. The fraction of sp³-hybridized carbons (Fsp3) is 0.909. The second kappa shape index (κ2) is 40.9. The van der Waals surface area contributed by atoms with Gasteiger partial charge >= 0.3 is 19.8 Å². The van der Waals surface area contributed by atoms with Crippen LogP contribution in [0.25, 0.3) is 0 Å². The van der Waals surface area contributed by atoms with Gasteiger partial charge in [-0.25, -0.2) is 4.57 Å². The first-order valence-corrected chi connectivity index (χ1v) is 24.1. The Hall–Kier alpha value is -1.29. The molecule has 3 N–H and O–H groups in total. The van der Waals surface area contributed by atoms with Crippen molar-refractivity contribution in [3.8, 4) is 0 Å². The molecule has 0 aliphatic heterocycles. The summed E-state index contributed by atoms with van der Waals surface area (Å²) in [6, 6.07) is 0. The molecule has 0 aromatic rings. The highest BCUT2D eigenvalue weighted by Crippen LogP contribution is 2.43. The Kier molecular flexibility index (Phi) is 39.9. The molecule has 0 radical (unpaired) electrons. The number of hydrogen-bond acceptors (Lipinski definition) is 9. The summed E-state index contributed by atoms with van der Waals surface area (Å²) in [6.07, 6.45) is 39.0. The molecule has 0 rings (SSSR count). The summed E-state index contributed by atoms with van der Waals surface area (Å²) >= 11 is 0. The molecule has 0 amide bonds. The smallest absolute Gasteiger partial charge is 0.457 e. The van der Waals surface area contributed by atoms with Gasteiger partial charge in [-0.1, -0.05) is 180 Å². The zero-order valence-corrected chi connectivity index (χ0v) is 36.3. The third-order valence-corrected chi connectivity index (χ3v) is 10.9. The Morgan fingerprint density at radius 1 is 0.473 bits per heavy atom. The number of hydrogen-bond donors (Lipinski definition) is 3. The molecule has 55 heavy (non-hydrogen) atoms. The van der Waals surface area contributed by atoms with Crippen molar-refractivity contribution in [2.24, 2.45) is 0 Å². The molecule has 326 valence electrons. The molecule has 0 fully saturated rings. The zero-order valence-electron chi connectivity index (χ0n) is 35.4. The standard InChI is InChI=1S/C44H85O10P/c1-3-5-7-9-11-13-15-17-18-19-20-21-22-24-26-28-30-32-34-36-44(48)54-42(38-46)40-52-55(49,50)51-39-41(37-45)53-43(47)35-33-31-29-27-25-23-16-14-12-10-8-6-4-2/h14,16,41-42,45-46H,3-13,15,17-40H2,1-2H3,(H,49,50)/b16-14-. The van der Waals surface area contributed by atoms with Crippen LogP contribution in [0, 0.1) is 0 Å². The molecule has 0 aromatic heterocycles. The average molecular weight is 805 g/mol. The van der Waals surface area contributed by atoms with Gasteiger partial charge in [-0.3, -0.25) is 18.6 Å². The van der Waals surface area contributed by atoms with Gasteiger partial charge in [0.15, 0.2) is 0 Å². The molecule has 3 unspecified atom stereocenters. The lowest BCUT2D eigenvalue weighted by molar-refractivity contribution is -0.153. The summed E-state index contributed by atoms with van der Waals surface area (Å²) in [6.45, 7) is 2.21. The summed E-state index contributed by atoms with van der Waals surface area (Å²) in [4.78, 5) is 34.5. The van der Waals surface area contributed by atoms with Gasteiger partial charge in [-0.05, 0) is 38.5 Å². The van der Waals surface area contributed by atoms with Gasteiger partial charge in [0.05, 0.1) is 26.4 Å². The quantitative estimate of drug-likeness (QED) is 0.0235. The Morgan fingerprint density at radius 2 is 0.745 bits per heavy atom. The number of aliphatic hydroxyl groups is 2. The number of unbranched alkanes of at least 4 members (excludes halogenated alkanes) is 27. The van der Waals surface area contributed by atoms with Crippen molar-refractivity contribution in [2.45, 2.75) is 232 Å². The maximum Gasteiger partial charge on any atom is 0.472 e. The number of aliphatic hydroxyl groups excluding tert-OH is 2. The van der Waals surface area contributed by atoms with Crippen molar-refractivity contribution in [1.82, 2.24) is 0 Å². The van der Waals surface area contributed by atoms with Crippen LogP contribution in [0.4, 0.5) is 0 Å². The molecule has 0 aromatic carbocycles. The first kappa shape index (κ1) is 53.7. The maximum absolute atomic E-state index is 12.4. The number of carbonyl (C=O) groups is 2. The Balaban J connectivity index is 3.86. The molecule has 0 aliphatic carbocycles. The SMILES string of the molecule is CCCCCC/C=C\CCCCCCCC(=O)OC(CO)COP(=O)(O)OCC(CO)OC(=O)CCCCCCCCCCCCCCCCCCCCC. The van der Waals surface area contributed by atoms with Crippen LogP contribution in [0.15, 0.2) is 12.2 Å². The van der Waals surface area contributed by atoms with E-state index in [0.717, 1.165) is 57.8 Å². The van der Waals surface area contributed by atoms with Gasteiger partial charge in [-0.2, -0.15) is 0 Å². The van der Waals surface area contributed by atoms with Crippen LogP contribution >= 0.6 is 7.82 Å². The molecular formula is C44H85O10P. The first-order chi connectivity index (χ1) is 26.8. The van der Waals surface area contributed by atoms with E-state index in [2.05, 4.69) is 26.0 Å². The van der Waals surface area contributed by atoms with E-state index in [4.69, 9.17) is 18.5 Å². The highest BCUT2D eigenvalue weighted by atomic mass is 31.2. The minimum absolute atomic E-state index is 0.185. The van der Waals surface area contributed by atoms with E-state index in [0.29, 0.717) is 12.8 Å². The van der Waals surface area contributed by atoms with Gasteiger partial charge in [0.25, 0.3) is 0 Å².